The number of hydrogen-bond donors (Lipinski definition) is 3. The summed E-state index contributed by atoms with van der Waals surface area (Å²) in [6.45, 7) is 2.39. The van der Waals surface area contributed by atoms with Crippen LogP contribution in [0, 0.1) is 6.92 Å². The highest BCUT2D eigenvalue weighted by atomic mass is 79.9. The molecular weight excluding hydrogens is 308 g/mol. The number of hydrogen-bond acceptors (Lipinski definition) is 3. The Labute approximate surface area is 119 Å². The number of amides is 1. The first-order valence-electron chi connectivity index (χ1n) is 5.89. The van der Waals surface area contributed by atoms with E-state index in [0.29, 0.717) is 24.2 Å². The Balaban J connectivity index is 2.00. The molecule has 0 aliphatic rings. The van der Waals surface area contributed by atoms with Crippen LogP contribution >= 0.6 is 15.9 Å². The molecule has 0 radical (unpaired) electrons. The fourth-order valence-corrected chi connectivity index (χ4v) is 2.24. The van der Waals surface area contributed by atoms with Gasteiger partial charge in [0.2, 0.25) is 0 Å². The molecule has 2 aromatic rings. The summed E-state index contributed by atoms with van der Waals surface area (Å²) in [5, 5.41) is 2.87. The minimum atomic E-state index is -0.120. The minimum Gasteiger partial charge on any atom is -0.398 e. The first kappa shape index (κ1) is 13.6. The number of nitrogens with zero attached hydrogens (tertiary/aromatic N) is 1. The molecule has 1 aromatic carbocycles. The van der Waals surface area contributed by atoms with Crippen LogP contribution in [-0.2, 0) is 6.42 Å². The summed E-state index contributed by atoms with van der Waals surface area (Å²) in [5.74, 6) is -0.120. The van der Waals surface area contributed by atoms with E-state index in [2.05, 4.69) is 31.2 Å². The van der Waals surface area contributed by atoms with Crippen molar-refractivity contribution in [1.29, 1.82) is 0 Å². The normalized spacial score (nSPS) is 10.4. The average molecular weight is 323 g/mol. The van der Waals surface area contributed by atoms with Crippen molar-refractivity contribution in [2.45, 2.75) is 13.3 Å². The van der Waals surface area contributed by atoms with E-state index in [1.54, 1.807) is 24.7 Å². The van der Waals surface area contributed by atoms with Crippen molar-refractivity contribution in [3.05, 3.63) is 46.0 Å². The van der Waals surface area contributed by atoms with Gasteiger partial charge in [-0.25, -0.2) is 4.98 Å². The van der Waals surface area contributed by atoms with Crippen LogP contribution < -0.4 is 11.1 Å². The van der Waals surface area contributed by atoms with Gasteiger partial charge in [-0.3, -0.25) is 4.79 Å². The summed E-state index contributed by atoms with van der Waals surface area (Å²) < 4.78 is 0.800. The van der Waals surface area contributed by atoms with E-state index < -0.39 is 0 Å². The fourth-order valence-electron chi connectivity index (χ4n) is 1.76. The largest absolute Gasteiger partial charge is 0.398 e. The smallest absolute Gasteiger partial charge is 0.251 e. The highest BCUT2D eigenvalue weighted by Gasteiger charge is 2.11. The van der Waals surface area contributed by atoms with Gasteiger partial charge in [-0.1, -0.05) is 15.9 Å². The molecule has 2 rings (SSSR count). The molecular formula is C13H15BrN4O. The molecule has 0 saturated carbocycles. The van der Waals surface area contributed by atoms with Gasteiger partial charge < -0.3 is 16.0 Å². The Morgan fingerprint density at radius 2 is 2.32 bits per heavy atom. The highest BCUT2D eigenvalue weighted by Crippen LogP contribution is 2.22. The van der Waals surface area contributed by atoms with Crippen molar-refractivity contribution in [1.82, 2.24) is 15.3 Å². The molecule has 0 aliphatic heterocycles. The highest BCUT2D eigenvalue weighted by molar-refractivity contribution is 9.10. The predicted octanol–water partition coefficient (Wildman–Crippen LogP) is 2.04. The van der Waals surface area contributed by atoms with Crippen LogP contribution in [0.1, 0.15) is 21.6 Å². The van der Waals surface area contributed by atoms with Gasteiger partial charge in [0.25, 0.3) is 5.91 Å². The van der Waals surface area contributed by atoms with Crippen LogP contribution in [0.3, 0.4) is 0 Å². The van der Waals surface area contributed by atoms with E-state index in [-0.39, 0.29) is 5.91 Å². The van der Waals surface area contributed by atoms with Crippen molar-refractivity contribution >= 4 is 27.5 Å². The first-order valence-corrected chi connectivity index (χ1v) is 6.68. The van der Waals surface area contributed by atoms with Crippen LogP contribution in [0.4, 0.5) is 5.69 Å². The minimum absolute atomic E-state index is 0.120. The number of anilines is 1. The SMILES string of the molecule is Cc1c(N)cc(Br)cc1C(=O)NCCc1cnc[nH]1. The number of imidazole rings is 1. The molecule has 1 heterocycles. The molecule has 1 amide bonds. The fraction of sp³-hybridized carbons (Fsp3) is 0.231. The van der Waals surface area contributed by atoms with Crippen LogP contribution in [-0.4, -0.2) is 22.4 Å². The van der Waals surface area contributed by atoms with Gasteiger partial charge >= 0.3 is 0 Å². The lowest BCUT2D eigenvalue weighted by Gasteiger charge is -2.10. The molecule has 0 aliphatic carbocycles. The van der Waals surface area contributed by atoms with Crippen molar-refractivity contribution in [2.24, 2.45) is 0 Å². The second-order valence-corrected chi connectivity index (χ2v) is 5.17. The summed E-state index contributed by atoms with van der Waals surface area (Å²) in [6, 6.07) is 3.56. The lowest BCUT2D eigenvalue weighted by Crippen LogP contribution is -2.26. The van der Waals surface area contributed by atoms with Crippen molar-refractivity contribution in [3.63, 3.8) is 0 Å². The summed E-state index contributed by atoms with van der Waals surface area (Å²) in [4.78, 5) is 19.0. The summed E-state index contributed by atoms with van der Waals surface area (Å²) in [5.41, 5.74) is 8.83. The third-order valence-electron chi connectivity index (χ3n) is 2.89. The maximum absolute atomic E-state index is 12.1. The first-order chi connectivity index (χ1) is 9.08. The Morgan fingerprint density at radius 1 is 1.53 bits per heavy atom. The number of nitrogen functional groups attached to an aromatic ring is 1. The molecule has 0 fully saturated rings. The summed E-state index contributed by atoms with van der Waals surface area (Å²) in [7, 11) is 0. The van der Waals surface area contributed by atoms with Gasteiger partial charge in [-0.05, 0) is 24.6 Å². The average Bonchev–Trinajstić information content (AvgIpc) is 2.86. The Morgan fingerprint density at radius 3 is 3.00 bits per heavy atom. The maximum atomic E-state index is 12.1. The molecule has 4 N–H and O–H groups in total. The molecule has 0 atom stereocenters. The van der Waals surface area contributed by atoms with Crippen LogP contribution in [0.25, 0.3) is 0 Å². The second-order valence-electron chi connectivity index (χ2n) is 4.25. The number of nitrogens with two attached hydrogens (primary N) is 1. The van der Waals surface area contributed by atoms with E-state index in [4.69, 9.17) is 5.73 Å². The van der Waals surface area contributed by atoms with Crippen LogP contribution in [0.15, 0.2) is 29.1 Å². The van der Waals surface area contributed by atoms with E-state index in [1.807, 2.05) is 6.92 Å². The predicted molar refractivity (Wildman–Crippen MR) is 77.9 cm³/mol. The number of benzene rings is 1. The zero-order chi connectivity index (χ0) is 13.8. The van der Waals surface area contributed by atoms with Gasteiger partial charge in [0.15, 0.2) is 0 Å². The van der Waals surface area contributed by atoms with Gasteiger partial charge in [0, 0.05) is 40.6 Å². The molecule has 100 valence electrons. The molecule has 0 bridgehead atoms. The van der Waals surface area contributed by atoms with Gasteiger partial charge in [-0.15, -0.1) is 0 Å². The topological polar surface area (TPSA) is 83.8 Å². The van der Waals surface area contributed by atoms with E-state index in [0.717, 1.165) is 15.7 Å². The van der Waals surface area contributed by atoms with Crippen molar-refractivity contribution in [3.8, 4) is 0 Å². The third-order valence-corrected chi connectivity index (χ3v) is 3.35. The molecule has 0 saturated heterocycles. The number of rotatable bonds is 4. The molecule has 0 unspecified atom stereocenters. The number of halogens is 1. The lowest BCUT2D eigenvalue weighted by molar-refractivity contribution is 0.0953. The monoisotopic (exact) mass is 322 g/mol. The molecule has 5 nitrogen and oxygen atoms in total. The van der Waals surface area contributed by atoms with Crippen molar-refractivity contribution < 1.29 is 4.79 Å². The second kappa shape index (κ2) is 5.88. The quantitative estimate of drug-likeness (QED) is 0.753. The van der Waals surface area contributed by atoms with E-state index in [1.165, 1.54) is 0 Å². The van der Waals surface area contributed by atoms with Crippen molar-refractivity contribution in [2.75, 3.05) is 12.3 Å². The van der Waals surface area contributed by atoms with Crippen LogP contribution in [0.2, 0.25) is 0 Å². The molecule has 19 heavy (non-hydrogen) atoms. The molecule has 1 aromatic heterocycles. The number of carbonyl (C=O) groups excluding carboxylic acids is 1. The van der Waals surface area contributed by atoms with Crippen LogP contribution in [0.5, 0.6) is 0 Å². The Kier molecular flexibility index (Phi) is 4.21. The van der Waals surface area contributed by atoms with Gasteiger partial charge in [0.05, 0.1) is 6.33 Å². The number of aromatic nitrogens is 2. The standard InChI is InChI=1S/C13H15BrN4O/c1-8-11(4-9(14)5-12(8)15)13(19)17-3-2-10-6-16-7-18-10/h4-7H,2-3,15H2,1H3,(H,16,18)(H,17,19). The maximum Gasteiger partial charge on any atom is 0.251 e. The number of H-pyrrole nitrogens is 1. The zero-order valence-corrected chi connectivity index (χ0v) is 12.1. The van der Waals surface area contributed by atoms with E-state index >= 15 is 0 Å². The Bertz CT molecular complexity index is 581. The molecule has 6 heteroatoms. The lowest BCUT2D eigenvalue weighted by atomic mass is 10.1. The molecule has 0 spiro atoms. The number of aromatic amines is 1. The van der Waals surface area contributed by atoms with E-state index in [9.17, 15) is 4.79 Å². The number of carbonyl (C=O) groups is 1. The summed E-state index contributed by atoms with van der Waals surface area (Å²) in [6.07, 6.45) is 4.08. The van der Waals surface area contributed by atoms with Gasteiger partial charge in [0.1, 0.15) is 0 Å². The van der Waals surface area contributed by atoms with Gasteiger partial charge in [-0.2, -0.15) is 0 Å². The Hall–Kier alpha value is -1.82. The third kappa shape index (κ3) is 3.35. The summed E-state index contributed by atoms with van der Waals surface area (Å²) >= 11 is 3.34. The zero-order valence-electron chi connectivity index (χ0n) is 10.5. The number of nitrogens with one attached hydrogen (secondary N) is 2.